The maximum atomic E-state index is 13.5. The van der Waals surface area contributed by atoms with Gasteiger partial charge in [-0.05, 0) is 32.4 Å². The molecule has 5 heteroatoms. The first-order chi connectivity index (χ1) is 11.7. The number of ether oxygens (including phenoxy) is 3. The monoisotopic (exact) mass is 341 g/mol. The van der Waals surface area contributed by atoms with Gasteiger partial charge in [-0.1, -0.05) is 31.0 Å². The van der Waals surface area contributed by atoms with E-state index >= 15 is 0 Å². The Hall–Kier alpha value is -1.01. The molecule has 0 aliphatic rings. The predicted molar refractivity (Wildman–Crippen MR) is 94.8 cm³/mol. The van der Waals surface area contributed by atoms with E-state index in [-0.39, 0.29) is 5.82 Å². The van der Waals surface area contributed by atoms with E-state index in [0.29, 0.717) is 45.1 Å². The fourth-order valence-electron chi connectivity index (χ4n) is 2.15. The summed E-state index contributed by atoms with van der Waals surface area (Å²) in [5.41, 5.74) is 1.79. The van der Waals surface area contributed by atoms with Crippen LogP contribution in [0.1, 0.15) is 37.3 Å². The van der Waals surface area contributed by atoms with Crippen molar-refractivity contribution in [2.75, 3.05) is 46.2 Å². The van der Waals surface area contributed by atoms with E-state index in [0.717, 1.165) is 38.0 Å². The maximum absolute atomic E-state index is 13.5. The van der Waals surface area contributed by atoms with Crippen LogP contribution in [0.3, 0.4) is 0 Å². The van der Waals surface area contributed by atoms with Crippen LogP contribution in [0.25, 0.3) is 0 Å². The molecular formula is C19H32FNO3. The molecule has 0 radical (unpaired) electrons. The number of hydrogen-bond donors (Lipinski definition) is 1. The Kier molecular flexibility index (Phi) is 12.6. The molecule has 1 N–H and O–H groups in total. The second-order valence-corrected chi connectivity index (χ2v) is 5.82. The van der Waals surface area contributed by atoms with Gasteiger partial charge in [0, 0.05) is 25.3 Å². The topological polar surface area (TPSA) is 39.7 Å². The second-order valence-electron chi connectivity index (χ2n) is 5.82. The van der Waals surface area contributed by atoms with Gasteiger partial charge in [-0.2, -0.15) is 0 Å². The van der Waals surface area contributed by atoms with Gasteiger partial charge < -0.3 is 19.5 Å². The zero-order valence-corrected chi connectivity index (χ0v) is 15.1. The number of rotatable bonds is 15. The van der Waals surface area contributed by atoms with Crippen molar-refractivity contribution in [3.63, 3.8) is 0 Å². The van der Waals surface area contributed by atoms with Crippen molar-refractivity contribution in [3.8, 4) is 0 Å². The smallest absolute Gasteiger partial charge is 0.127 e. The standard InChI is InChI=1S/C19H32FNO3/c1-3-4-9-22-11-13-24-14-12-23-10-5-8-21-16-18-15-17(2)6-7-19(18)20/h6-7,15,21H,3-5,8-14,16H2,1-2H3. The van der Waals surface area contributed by atoms with Crippen LogP contribution >= 0.6 is 0 Å². The van der Waals surface area contributed by atoms with Gasteiger partial charge in [0.1, 0.15) is 5.82 Å². The first-order valence-electron chi connectivity index (χ1n) is 8.93. The minimum Gasteiger partial charge on any atom is -0.379 e. The van der Waals surface area contributed by atoms with Crippen LogP contribution in [0.15, 0.2) is 18.2 Å². The first-order valence-corrected chi connectivity index (χ1v) is 8.93. The Morgan fingerprint density at radius 2 is 1.54 bits per heavy atom. The molecule has 24 heavy (non-hydrogen) atoms. The highest BCUT2D eigenvalue weighted by atomic mass is 19.1. The Morgan fingerprint density at radius 1 is 0.917 bits per heavy atom. The zero-order chi connectivity index (χ0) is 17.5. The summed E-state index contributed by atoms with van der Waals surface area (Å²) in [5.74, 6) is -0.153. The number of benzene rings is 1. The highest BCUT2D eigenvalue weighted by molar-refractivity contribution is 5.23. The van der Waals surface area contributed by atoms with Gasteiger partial charge in [-0.15, -0.1) is 0 Å². The van der Waals surface area contributed by atoms with Crippen molar-refractivity contribution >= 4 is 0 Å². The molecule has 0 bridgehead atoms. The number of unbranched alkanes of at least 4 members (excludes halogenated alkanes) is 1. The normalized spacial score (nSPS) is 11.1. The largest absolute Gasteiger partial charge is 0.379 e. The molecular weight excluding hydrogens is 309 g/mol. The van der Waals surface area contributed by atoms with Gasteiger partial charge in [-0.25, -0.2) is 4.39 Å². The fraction of sp³-hybridized carbons (Fsp3) is 0.684. The van der Waals surface area contributed by atoms with Crippen LogP contribution in [0.4, 0.5) is 4.39 Å². The van der Waals surface area contributed by atoms with Crippen molar-refractivity contribution in [1.29, 1.82) is 0 Å². The van der Waals surface area contributed by atoms with Crippen LogP contribution in [0, 0.1) is 12.7 Å². The summed E-state index contributed by atoms with van der Waals surface area (Å²) in [6.45, 7) is 9.43. The molecule has 0 fully saturated rings. The lowest BCUT2D eigenvalue weighted by Crippen LogP contribution is -2.18. The van der Waals surface area contributed by atoms with Gasteiger partial charge in [-0.3, -0.25) is 0 Å². The van der Waals surface area contributed by atoms with E-state index in [4.69, 9.17) is 14.2 Å². The number of hydrogen-bond acceptors (Lipinski definition) is 4. The van der Waals surface area contributed by atoms with E-state index in [1.807, 2.05) is 13.0 Å². The SMILES string of the molecule is CCCCOCCOCCOCCCNCc1cc(C)ccc1F. The van der Waals surface area contributed by atoms with Crippen molar-refractivity contribution in [3.05, 3.63) is 35.1 Å². The molecule has 0 unspecified atom stereocenters. The Morgan fingerprint density at radius 3 is 2.21 bits per heavy atom. The van der Waals surface area contributed by atoms with E-state index in [9.17, 15) is 4.39 Å². The van der Waals surface area contributed by atoms with Gasteiger partial charge >= 0.3 is 0 Å². The molecule has 1 aromatic carbocycles. The molecule has 138 valence electrons. The number of halogens is 1. The molecule has 1 aromatic rings. The molecule has 0 atom stereocenters. The van der Waals surface area contributed by atoms with Crippen LogP contribution in [0.2, 0.25) is 0 Å². The lowest BCUT2D eigenvalue weighted by atomic mass is 10.1. The summed E-state index contributed by atoms with van der Waals surface area (Å²) in [7, 11) is 0. The molecule has 4 nitrogen and oxygen atoms in total. The summed E-state index contributed by atoms with van der Waals surface area (Å²) in [6.07, 6.45) is 3.16. The van der Waals surface area contributed by atoms with Gasteiger partial charge in [0.05, 0.1) is 26.4 Å². The van der Waals surface area contributed by atoms with Gasteiger partial charge in [0.15, 0.2) is 0 Å². The number of nitrogens with one attached hydrogen (secondary N) is 1. The third kappa shape index (κ3) is 10.7. The van der Waals surface area contributed by atoms with Crippen LogP contribution in [0.5, 0.6) is 0 Å². The second kappa shape index (κ2) is 14.3. The lowest BCUT2D eigenvalue weighted by molar-refractivity contribution is 0.0137. The molecule has 0 amide bonds. The van der Waals surface area contributed by atoms with Crippen molar-refractivity contribution < 1.29 is 18.6 Å². The Balaban J connectivity index is 1.85. The first kappa shape index (κ1) is 21.0. The molecule has 1 rings (SSSR count). The van der Waals surface area contributed by atoms with Crippen LogP contribution in [-0.4, -0.2) is 46.2 Å². The van der Waals surface area contributed by atoms with E-state index in [2.05, 4.69) is 12.2 Å². The van der Waals surface area contributed by atoms with Crippen LogP contribution in [-0.2, 0) is 20.8 Å². The summed E-state index contributed by atoms with van der Waals surface area (Å²) in [6, 6.07) is 5.18. The van der Waals surface area contributed by atoms with E-state index in [1.165, 1.54) is 6.07 Å². The molecule has 0 spiro atoms. The summed E-state index contributed by atoms with van der Waals surface area (Å²) in [4.78, 5) is 0. The molecule has 0 saturated carbocycles. The number of aryl methyl sites for hydroxylation is 1. The Bertz CT molecular complexity index is 429. The predicted octanol–water partition coefficient (Wildman–Crippen LogP) is 3.46. The van der Waals surface area contributed by atoms with E-state index < -0.39 is 0 Å². The molecule has 0 aliphatic heterocycles. The Labute approximate surface area is 145 Å². The summed E-state index contributed by atoms with van der Waals surface area (Å²) < 4.78 is 29.9. The van der Waals surface area contributed by atoms with Crippen molar-refractivity contribution in [1.82, 2.24) is 5.32 Å². The van der Waals surface area contributed by atoms with Crippen LogP contribution < -0.4 is 5.32 Å². The third-order valence-electron chi connectivity index (χ3n) is 3.55. The minimum absolute atomic E-state index is 0.153. The quantitative estimate of drug-likeness (QED) is 0.496. The van der Waals surface area contributed by atoms with Crippen molar-refractivity contribution in [2.24, 2.45) is 0 Å². The average molecular weight is 341 g/mol. The lowest BCUT2D eigenvalue weighted by Gasteiger charge is -2.08. The maximum Gasteiger partial charge on any atom is 0.127 e. The van der Waals surface area contributed by atoms with Crippen molar-refractivity contribution in [2.45, 2.75) is 39.7 Å². The molecule has 0 saturated heterocycles. The van der Waals surface area contributed by atoms with Gasteiger partial charge in [0.2, 0.25) is 0 Å². The highest BCUT2D eigenvalue weighted by Gasteiger charge is 2.01. The molecule has 0 aliphatic carbocycles. The van der Waals surface area contributed by atoms with Gasteiger partial charge in [0.25, 0.3) is 0 Å². The zero-order valence-electron chi connectivity index (χ0n) is 15.1. The highest BCUT2D eigenvalue weighted by Crippen LogP contribution is 2.09. The average Bonchev–Trinajstić information content (AvgIpc) is 2.58. The summed E-state index contributed by atoms with van der Waals surface area (Å²) >= 11 is 0. The fourth-order valence-corrected chi connectivity index (χ4v) is 2.15. The third-order valence-corrected chi connectivity index (χ3v) is 3.55. The summed E-state index contributed by atoms with van der Waals surface area (Å²) in [5, 5.41) is 3.24. The van der Waals surface area contributed by atoms with E-state index in [1.54, 1.807) is 6.07 Å². The molecule has 0 heterocycles. The minimum atomic E-state index is -0.153. The molecule has 0 aromatic heterocycles.